The molecule has 0 saturated carbocycles. The van der Waals surface area contributed by atoms with Crippen LogP contribution in [0.25, 0.3) is 5.69 Å². The van der Waals surface area contributed by atoms with Crippen molar-refractivity contribution in [3.63, 3.8) is 0 Å². The minimum atomic E-state index is -1.03. The van der Waals surface area contributed by atoms with E-state index in [0.717, 1.165) is 11.4 Å². The summed E-state index contributed by atoms with van der Waals surface area (Å²) in [6.07, 6.45) is 0.693. The molecule has 0 atom stereocenters. The van der Waals surface area contributed by atoms with E-state index >= 15 is 0 Å². The Hall–Kier alpha value is -2.30. The number of methoxy groups -OCH3 is 1. The van der Waals surface area contributed by atoms with Gasteiger partial charge < -0.3 is 9.84 Å². The van der Waals surface area contributed by atoms with Crippen molar-refractivity contribution in [1.82, 2.24) is 9.78 Å². The molecule has 0 radical (unpaired) electrons. The molecule has 2 rings (SSSR count). The second-order valence-electron chi connectivity index (χ2n) is 3.76. The van der Waals surface area contributed by atoms with Gasteiger partial charge in [-0.2, -0.15) is 5.10 Å². The quantitative estimate of drug-likeness (QED) is 0.897. The van der Waals surface area contributed by atoms with Gasteiger partial charge in [-0.05, 0) is 24.6 Å². The van der Waals surface area contributed by atoms with Crippen molar-refractivity contribution in [3.05, 3.63) is 41.7 Å². The highest BCUT2D eigenvalue weighted by Crippen LogP contribution is 2.23. The van der Waals surface area contributed by atoms with E-state index in [-0.39, 0.29) is 5.69 Å². The van der Waals surface area contributed by atoms with Gasteiger partial charge in [0.05, 0.1) is 7.11 Å². The van der Waals surface area contributed by atoms with Crippen molar-refractivity contribution in [1.29, 1.82) is 0 Å². The number of aryl methyl sites for hydroxylation is 1. The van der Waals surface area contributed by atoms with Gasteiger partial charge in [-0.25, -0.2) is 9.48 Å². The summed E-state index contributed by atoms with van der Waals surface area (Å²) < 4.78 is 6.87. The van der Waals surface area contributed by atoms with Gasteiger partial charge in [-0.1, -0.05) is 19.1 Å². The smallest absolute Gasteiger partial charge is 0.356 e. The van der Waals surface area contributed by atoms with Crippen LogP contribution in [0.2, 0.25) is 0 Å². The molecule has 94 valence electrons. The van der Waals surface area contributed by atoms with Gasteiger partial charge in [0.15, 0.2) is 5.69 Å². The highest BCUT2D eigenvalue weighted by Gasteiger charge is 2.15. The lowest BCUT2D eigenvalue weighted by Gasteiger charge is -2.10. The SMILES string of the molecule is CCc1cc(C(=O)O)nn1-c1ccccc1OC. The summed E-state index contributed by atoms with van der Waals surface area (Å²) in [6, 6.07) is 8.96. The zero-order valence-electron chi connectivity index (χ0n) is 10.3. The predicted molar refractivity (Wildman–Crippen MR) is 66.5 cm³/mol. The summed E-state index contributed by atoms with van der Waals surface area (Å²) in [6.45, 7) is 1.95. The number of carbonyl (C=O) groups is 1. The molecule has 1 N–H and O–H groups in total. The first-order chi connectivity index (χ1) is 8.67. The lowest BCUT2D eigenvalue weighted by Crippen LogP contribution is -2.05. The number of carboxylic acids is 1. The van der Waals surface area contributed by atoms with E-state index in [2.05, 4.69) is 5.10 Å². The first-order valence-corrected chi connectivity index (χ1v) is 5.63. The Morgan fingerprint density at radius 1 is 1.44 bits per heavy atom. The maximum atomic E-state index is 11.0. The normalized spacial score (nSPS) is 10.3. The number of rotatable bonds is 4. The topological polar surface area (TPSA) is 64.3 Å². The van der Waals surface area contributed by atoms with Gasteiger partial charge in [0.1, 0.15) is 11.4 Å². The van der Waals surface area contributed by atoms with E-state index in [4.69, 9.17) is 9.84 Å². The van der Waals surface area contributed by atoms with Crippen molar-refractivity contribution in [2.24, 2.45) is 0 Å². The number of hydrogen-bond donors (Lipinski definition) is 1. The number of aromatic nitrogens is 2. The molecule has 18 heavy (non-hydrogen) atoms. The van der Waals surface area contributed by atoms with Crippen LogP contribution >= 0.6 is 0 Å². The average Bonchev–Trinajstić information content (AvgIpc) is 2.82. The maximum absolute atomic E-state index is 11.0. The van der Waals surface area contributed by atoms with Gasteiger partial charge in [0.2, 0.25) is 0 Å². The molecule has 0 bridgehead atoms. The molecule has 0 unspecified atom stereocenters. The summed E-state index contributed by atoms with van der Waals surface area (Å²) in [5.74, 6) is -0.370. The van der Waals surface area contributed by atoms with E-state index in [1.54, 1.807) is 17.9 Å². The summed E-state index contributed by atoms with van der Waals surface area (Å²) >= 11 is 0. The van der Waals surface area contributed by atoms with Crippen molar-refractivity contribution in [2.45, 2.75) is 13.3 Å². The van der Waals surface area contributed by atoms with Crippen molar-refractivity contribution >= 4 is 5.97 Å². The molecule has 0 fully saturated rings. The lowest BCUT2D eigenvalue weighted by molar-refractivity contribution is 0.0690. The highest BCUT2D eigenvalue weighted by atomic mass is 16.5. The summed E-state index contributed by atoms with van der Waals surface area (Å²) in [5.41, 5.74) is 1.61. The van der Waals surface area contributed by atoms with Crippen LogP contribution < -0.4 is 4.74 Å². The van der Waals surface area contributed by atoms with Crippen LogP contribution in [-0.4, -0.2) is 28.0 Å². The lowest BCUT2D eigenvalue weighted by atomic mass is 10.2. The van der Waals surface area contributed by atoms with Crippen molar-refractivity contribution in [2.75, 3.05) is 7.11 Å². The predicted octanol–water partition coefficient (Wildman–Crippen LogP) is 2.14. The third kappa shape index (κ3) is 2.07. The number of benzene rings is 1. The van der Waals surface area contributed by atoms with Crippen LogP contribution in [0.1, 0.15) is 23.1 Å². The molecule has 0 spiro atoms. The Labute approximate surface area is 105 Å². The molecule has 5 nitrogen and oxygen atoms in total. The molecule has 1 aromatic carbocycles. The Morgan fingerprint density at radius 2 is 2.17 bits per heavy atom. The van der Waals surface area contributed by atoms with E-state index in [1.807, 2.05) is 31.2 Å². The molecule has 2 aromatic rings. The number of carboxylic acid groups (broad SMARTS) is 1. The van der Waals surface area contributed by atoms with Gasteiger partial charge in [-0.15, -0.1) is 0 Å². The van der Waals surface area contributed by atoms with Crippen LogP contribution in [0, 0.1) is 0 Å². The third-order valence-electron chi connectivity index (χ3n) is 2.68. The standard InChI is InChI=1S/C13H14N2O3/c1-3-9-8-10(13(16)17)14-15(9)11-6-4-5-7-12(11)18-2/h4-8H,3H2,1-2H3,(H,16,17). The Balaban J connectivity index is 2.59. The minimum Gasteiger partial charge on any atom is -0.494 e. The first-order valence-electron chi connectivity index (χ1n) is 5.63. The number of aromatic carboxylic acids is 1. The number of hydrogen-bond acceptors (Lipinski definition) is 3. The van der Waals surface area contributed by atoms with Gasteiger partial charge in [0.25, 0.3) is 0 Å². The number of ether oxygens (including phenoxy) is 1. The third-order valence-corrected chi connectivity index (χ3v) is 2.68. The van der Waals surface area contributed by atoms with Gasteiger partial charge >= 0.3 is 5.97 Å². The van der Waals surface area contributed by atoms with Gasteiger partial charge in [-0.3, -0.25) is 0 Å². The summed E-state index contributed by atoms with van der Waals surface area (Å²) in [5, 5.41) is 13.1. The van der Waals surface area contributed by atoms with Crippen molar-refractivity contribution in [3.8, 4) is 11.4 Å². The molecule has 1 aromatic heterocycles. The zero-order chi connectivity index (χ0) is 13.1. The van der Waals surface area contributed by atoms with Crippen LogP contribution in [-0.2, 0) is 6.42 Å². The molecule has 0 saturated heterocycles. The molecular weight excluding hydrogens is 232 g/mol. The van der Waals surface area contributed by atoms with Gasteiger partial charge in [0, 0.05) is 5.69 Å². The Bertz CT molecular complexity index is 575. The fourth-order valence-corrected chi connectivity index (χ4v) is 1.79. The second kappa shape index (κ2) is 4.91. The molecule has 0 aliphatic heterocycles. The van der Waals surface area contributed by atoms with Crippen molar-refractivity contribution < 1.29 is 14.6 Å². The minimum absolute atomic E-state index is 0.0396. The van der Waals surface area contributed by atoms with Crippen LogP contribution in [0.15, 0.2) is 30.3 Å². The zero-order valence-corrected chi connectivity index (χ0v) is 10.3. The number of nitrogens with zero attached hydrogens (tertiary/aromatic N) is 2. The maximum Gasteiger partial charge on any atom is 0.356 e. The Kier molecular flexibility index (Phi) is 3.32. The molecular formula is C13H14N2O3. The Morgan fingerprint density at radius 3 is 2.78 bits per heavy atom. The van der Waals surface area contributed by atoms with Crippen LogP contribution in [0.4, 0.5) is 0 Å². The molecule has 1 heterocycles. The fourth-order valence-electron chi connectivity index (χ4n) is 1.79. The summed E-state index contributed by atoms with van der Waals surface area (Å²) in [7, 11) is 1.58. The molecule has 5 heteroatoms. The number of para-hydroxylation sites is 2. The summed E-state index contributed by atoms with van der Waals surface area (Å²) in [4.78, 5) is 11.0. The monoisotopic (exact) mass is 246 g/mol. The molecule has 0 amide bonds. The van der Waals surface area contributed by atoms with E-state index in [1.165, 1.54) is 0 Å². The second-order valence-corrected chi connectivity index (χ2v) is 3.76. The van der Waals surface area contributed by atoms with Crippen LogP contribution in [0.3, 0.4) is 0 Å². The largest absolute Gasteiger partial charge is 0.494 e. The fraction of sp³-hybridized carbons (Fsp3) is 0.231. The van der Waals surface area contributed by atoms with Crippen LogP contribution in [0.5, 0.6) is 5.75 Å². The highest BCUT2D eigenvalue weighted by molar-refractivity contribution is 5.85. The van der Waals surface area contributed by atoms with E-state index in [0.29, 0.717) is 12.2 Å². The molecule has 0 aliphatic rings. The van der Waals surface area contributed by atoms with E-state index < -0.39 is 5.97 Å². The van der Waals surface area contributed by atoms with E-state index in [9.17, 15) is 4.79 Å². The average molecular weight is 246 g/mol. The first kappa shape index (κ1) is 12.2. The molecule has 0 aliphatic carbocycles.